The molecule has 0 fully saturated rings. The van der Waals surface area contributed by atoms with Crippen LogP contribution in [-0.2, 0) is 19.1 Å². The third-order valence-corrected chi connectivity index (χ3v) is 8.72. The smallest absolute Gasteiger partial charge is 0.306 e. The van der Waals surface area contributed by atoms with Crippen molar-refractivity contribution in [2.24, 2.45) is 5.92 Å². The van der Waals surface area contributed by atoms with Crippen LogP contribution in [0.15, 0.2) is 36.5 Å². The van der Waals surface area contributed by atoms with Gasteiger partial charge in [0.15, 0.2) is 6.10 Å². The molecule has 0 saturated heterocycles. The molecule has 1 unspecified atom stereocenters. The molecule has 6 nitrogen and oxygen atoms in total. The number of rotatable bonds is 35. The van der Waals surface area contributed by atoms with Crippen LogP contribution in [0.1, 0.15) is 188 Å². The Morgan fingerprint density at radius 1 is 0.625 bits per heavy atom. The lowest BCUT2D eigenvalue weighted by Gasteiger charge is -2.16. The molecule has 0 saturated carbocycles. The van der Waals surface area contributed by atoms with Gasteiger partial charge in [-0.2, -0.15) is 0 Å². The van der Waals surface area contributed by atoms with Crippen molar-refractivity contribution in [3.05, 3.63) is 36.5 Å². The van der Waals surface area contributed by atoms with E-state index in [4.69, 9.17) is 9.47 Å². The van der Waals surface area contributed by atoms with Crippen molar-refractivity contribution in [1.82, 2.24) is 0 Å². The predicted molar refractivity (Wildman–Crippen MR) is 202 cm³/mol. The number of carbonyl (C=O) groups excluding carboxylic acids is 2. The van der Waals surface area contributed by atoms with E-state index >= 15 is 0 Å². The lowest BCUT2D eigenvalue weighted by atomic mass is 10.0. The standard InChI is InChI=1S/C42H76O6/c1-4-5-6-7-8-9-10-12-16-19-22-25-28-32-39(44)33-30-35-42(46)48-40(36-43)37-47-41(45)34-29-26-23-20-17-14-11-13-15-18-21-24-27-31-38(2)3/h12,16,22,25,28,32,38-40,43-44H,4-11,13-15,17-21,23-24,26-27,29-31,33-37H2,1-3H3/b16-12+,25-22+,32-28+/t39?,40-/m0/s1. The normalized spacial score (nSPS) is 13.3. The van der Waals surface area contributed by atoms with Crippen LogP contribution in [0.5, 0.6) is 0 Å². The highest BCUT2D eigenvalue weighted by molar-refractivity contribution is 5.70. The van der Waals surface area contributed by atoms with Crippen molar-refractivity contribution >= 4 is 11.9 Å². The van der Waals surface area contributed by atoms with Crippen LogP contribution >= 0.6 is 0 Å². The Morgan fingerprint density at radius 2 is 1.19 bits per heavy atom. The minimum absolute atomic E-state index is 0.132. The summed E-state index contributed by atoms with van der Waals surface area (Å²) < 4.78 is 10.5. The number of carbonyl (C=O) groups is 2. The highest BCUT2D eigenvalue weighted by Crippen LogP contribution is 2.15. The van der Waals surface area contributed by atoms with Gasteiger partial charge < -0.3 is 19.7 Å². The molecule has 0 aromatic heterocycles. The molecule has 0 bridgehead atoms. The molecule has 2 N–H and O–H groups in total. The maximum Gasteiger partial charge on any atom is 0.306 e. The second kappa shape index (κ2) is 36.4. The van der Waals surface area contributed by atoms with Gasteiger partial charge in [0.05, 0.1) is 12.7 Å². The van der Waals surface area contributed by atoms with Gasteiger partial charge in [-0.1, -0.05) is 173 Å². The highest BCUT2D eigenvalue weighted by Gasteiger charge is 2.16. The molecule has 0 aliphatic rings. The number of allylic oxidation sites excluding steroid dienone is 5. The molecular weight excluding hydrogens is 600 g/mol. The molecular formula is C42H76O6. The molecule has 0 amide bonds. The van der Waals surface area contributed by atoms with E-state index in [-0.39, 0.29) is 19.0 Å². The zero-order valence-electron chi connectivity index (χ0n) is 31.5. The molecule has 0 aromatic carbocycles. The number of aliphatic hydroxyl groups excluding tert-OH is 2. The molecule has 48 heavy (non-hydrogen) atoms. The third kappa shape index (κ3) is 35.4. The number of hydrogen-bond donors (Lipinski definition) is 2. The lowest BCUT2D eigenvalue weighted by molar-refractivity contribution is -0.161. The van der Waals surface area contributed by atoms with Gasteiger partial charge >= 0.3 is 11.9 Å². The van der Waals surface area contributed by atoms with Crippen LogP contribution in [-0.4, -0.2) is 47.6 Å². The van der Waals surface area contributed by atoms with Gasteiger partial charge in [0.25, 0.3) is 0 Å². The second-order valence-electron chi connectivity index (χ2n) is 14.0. The Labute approximate surface area is 296 Å². The van der Waals surface area contributed by atoms with Gasteiger partial charge in [-0.05, 0) is 44.4 Å². The third-order valence-electron chi connectivity index (χ3n) is 8.72. The van der Waals surface area contributed by atoms with Gasteiger partial charge in [0.2, 0.25) is 0 Å². The second-order valence-corrected chi connectivity index (χ2v) is 14.0. The van der Waals surface area contributed by atoms with Crippen molar-refractivity contribution in [2.75, 3.05) is 13.2 Å². The number of hydrogen-bond acceptors (Lipinski definition) is 6. The Morgan fingerprint density at radius 3 is 1.79 bits per heavy atom. The van der Waals surface area contributed by atoms with E-state index in [9.17, 15) is 19.8 Å². The van der Waals surface area contributed by atoms with E-state index in [1.54, 1.807) is 6.08 Å². The molecule has 0 radical (unpaired) electrons. The van der Waals surface area contributed by atoms with Crippen molar-refractivity contribution in [3.63, 3.8) is 0 Å². The minimum atomic E-state index is -0.860. The number of esters is 2. The van der Waals surface area contributed by atoms with Gasteiger partial charge in [-0.25, -0.2) is 0 Å². The lowest BCUT2D eigenvalue weighted by Crippen LogP contribution is -2.28. The van der Waals surface area contributed by atoms with Crippen LogP contribution in [0.25, 0.3) is 0 Å². The summed E-state index contributed by atoms with van der Waals surface area (Å²) in [6, 6.07) is 0. The molecule has 0 spiro atoms. The monoisotopic (exact) mass is 677 g/mol. The summed E-state index contributed by atoms with van der Waals surface area (Å²) in [5.74, 6) is 0.0528. The van der Waals surface area contributed by atoms with Crippen LogP contribution < -0.4 is 0 Å². The fraction of sp³-hybridized carbons (Fsp3) is 0.810. The summed E-state index contributed by atoms with van der Waals surface area (Å²) in [6.07, 6.45) is 39.5. The molecule has 280 valence electrons. The fourth-order valence-corrected chi connectivity index (χ4v) is 5.63. The van der Waals surface area contributed by atoms with Crippen molar-refractivity contribution < 1.29 is 29.3 Å². The molecule has 0 aliphatic heterocycles. The first kappa shape index (κ1) is 46.1. The first-order chi connectivity index (χ1) is 23.4. The van der Waals surface area contributed by atoms with Crippen LogP contribution in [0.2, 0.25) is 0 Å². The highest BCUT2D eigenvalue weighted by atomic mass is 16.6. The summed E-state index contributed by atoms with van der Waals surface area (Å²) in [5.41, 5.74) is 0. The van der Waals surface area contributed by atoms with Gasteiger partial charge in [-0.3, -0.25) is 9.59 Å². The quantitative estimate of drug-likeness (QED) is 0.0300. The first-order valence-electron chi connectivity index (χ1n) is 20.0. The Hall–Kier alpha value is -1.92. The summed E-state index contributed by atoms with van der Waals surface area (Å²) in [7, 11) is 0. The summed E-state index contributed by atoms with van der Waals surface area (Å²) in [5, 5.41) is 19.7. The number of ether oxygens (including phenoxy) is 2. The Kier molecular flexibility index (Phi) is 34.9. The van der Waals surface area contributed by atoms with Crippen molar-refractivity contribution in [3.8, 4) is 0 Å². The summed E-state index contributed by atoms with van der Waals surface area (Å²) in [4.78, 5) is 24.3. The first-order valence-corrected chi connectivity index (χ1v) is 20.0. The van der Waals surface area contributed by atoms with E-state index in [1.807, 2.05) is 12.2 Å². The zero-order chi connectivity index (χ0) is 35.3. The van der Waals surface area contributed by atoms with E-state index in [0.29, 0.717) is 19.3 Å². The molecule has 0 aliphatic carbocycles. The molecule has 6 heteroatoms. The Bertz CT molecular complexity index is 802. The van der Waals surface area contributed by atoms with Gasteiger partial charge in [0.1, 0.15) is 6.61 Å². The van der Waals surface area contributed by atoms with Crippen LogP contribution in [0.4, 0.5) is 0 Å². The van der Waals surface area contributed by atoms with E-state index in [1.165, 1.54) is 109 Å². The van der Waals surface area contributed by atoms with E-state index in [2.05, 4.69) is 39.0 Å². The van der Waals surface area contributed by atoms with Crippen molar-refractivity contribution in [1.29, 1.82) is 0 Å². The SMILES string of the molecule is CCCCCCCC/C=C/C/C=C/C=C/C(O)CCCC(=O)O[C@@H](CO)COC(=O)CCCCCCCCCCCCCCCC(C)C. The maximum absolute atomic E-state index is 12.2. The molecule has 0 aromatic rings. The largest absolute Gasteiger partial charge is 0.462 e. The Balaban J connectivity index is 3.73. The predicted octanol–water partition coefficient (Wildman–Crippen LogP) is 11.3. The summed E-state index contributed by atoms with van der Waals surface area (Å²) in [6.45, 7) is 6.32. The van der Waals surface area contributed by atoms with Crippen LogP contribution in [0, 0.1) is 5.92 Å². The van der Waals surface area contributed by atoms with Gasteiger partial charge in [-0.15, -0.1) is 0 Å². The molecule has 2 atom stereocenters. The molecule has 0 heterocycles. The average Bonchev–Trinajstić information content (AvgIpc) is 3.06. The summed E-state index contributed by atoms with van der Waals surface area (Å²) >= 11 is 0. The molecule has 0 rings (SSSR count). The zero-order valence-corrected chi connectivity index (χ0v) is 31.5. The fourth-order valence-electron chi connectivity index (χ4n) is 5.63. The van der Waals surface area contributed by atoms with E-state index < -0.39 is 24.8 Å². The number of aliphatic hydroxyl groups is 2. The van der Waals surface area contributed by atoms with Crippen LogP contribution in [0.3, 0.4) is 0 Å². The van der Waals surface area contributed by atoms with E-state index in [0.717, 1.165) is 38.0 Å². The van der Waals surface area contributed by atoms with Gasteiger partial charge in [0, 0.05) is 12.8 Å². The topological polar surface area (TPSA) is 93.1 Å². The minimum Gasteiger partial charge on any atom is -0.462 e. The number of unbranched alkanes of at least 4 members (excludes halogenated alkanes) is 18. The maximum atomic E-state index is 12.2. The van der Waals surface area contributed by atoms with Crippen molar-refractivity contribution in [2.45, 2.75) is 200 Å². The average molecular weight is 677 g/mol.